The molecule has 1 heterocycles. The van der Waals surface area contributed by atoms with Crippen LogP contribution in [0.5, 0.6) is 0 Å². The van der Waals surface area contributed by atoms with E-state index >= 15 is 0 Å². The van der Waals surface area contributed by atoms with Crippen molar-refractivity contribution in [2.45, 2.75) is 19.1 Å². The number of hydrogen-bond acceptors (Lipinski definition) is 4. The first kappa shape index (κ1) is 11.0. The molecule has 0 aliphatic heterocycles. The van der Waals surface area contributed by atoms with Gasteiger partial charge in [-0.3, -0.25) is 0 Å². The van der Waals surface area contributed by atoms with Gasteiger partial charge >= 0.3 is 0 Å². The van der Waals surface area contributed by atoms with Gasteiger partial charge in [-0.2, -0.15) is 0 Å². The first-order valence-corrected chi connectivity index (χ1v) is 4.90. The maximum absolute atomic E-state index is 9.61. The molecule has 2 unspecified atom stereocenters. The van der Waals surface area contributed by atoms with Gasteiger partial charge in [0.15, 0.2) is 0 Å². The Hall–Kier alpha value is -1.07. The maximum atomic E-state index is 9.61. The fourth-order valence-corrected chi connectivity index (χ4v) is 1.94. The van der Waals surface area contributed by atoms with Crippen molar-refractivity contribution in [3.8, 4) is 0 Å². The number of aliphatic hydroxyl groups is 2. The van der Waals surface area contributed by atoms with Crippen molar-refractivity contribution in [3.05, 3.63) is 32.3 Å². The van der Waals surface area contributed by atoms with Crippen LogP contribution in [0.3, 0.4) is 0 Å². The third-order valence-corrected chi connectivity index (χ3v) is 2.82. The zero-order chi connectivity index (χ0) is 10.6. The molecule has 0 radical (unpaired) electrons. The molecule has 2 N–H and O–H groups in total. The van der Waals surface area contributed by atoms with Crippen LogP contribution in [0, 0.1) is 6.92 Å². The van der Waals surface area contributed by atoms with E-state index in [0.717, 1.165) is 4.88 Å². The lowest BCUT2D eigenvalue weighted by Gasteiger charge is -2.13. The zero-order valence-corrected chi connectivity index (χ0v) is 8.48. The van der Waals surface area contributed by atoms with Crippen LogP contribution in [0.15, 0.2) is 17.2 Å². The van der Waals surface area contributed by atoms with Crippen LogP contribution in [0.1, 0.15) is 15.9 Å². The summed E-state index contributed by atoms with van der Waals surface area (Å²) in [5.41, 5.74) is 8.04. The van der Waals surface area contributed by atoms with Crippen molar-refractivity contribution in [3.63, 3.8) is 0 Å². The van der Waals surface area contributed by atoms with Crippen molar-refractivity contribution in [1.29, 1.82) is 0 Å². The van der Waals surface area contributed by atoms with Crippen molar-refractivity contribution in [2.24, 2.45) is 5.11 Å². The topological polar surface area (TPSA) is 89.2 Å². The molecule has 0 saturated heterocycles. The van der Waals surface area contributed by atoms with E-state index in [1.165, 1.54) is 11.3 Å². The summed E-state index contributed by atoms with van der Waals surface area (Å²) < 4.78 is 0. The number of nitrogens with zero attached hydrogens (tertiary/aromatic N) is 3. The number of aliphatic hydroxyl groups excluding tert-OH is 2. The smallest absolute Gasteiger partial charge is 0.114 e. The lowest BCUT2D eigenvalue weighted by molar-refractivity contribution is 0.0266. The summed E-state index contributed by atoms with van der Waals surface area (Å²) in [5, 5.41) is 22.2. The van der Waals surface area contributed by atoms with Crippen molar-refractivity contribution >= 4 is 11.3 Å². The van der Waals surface area contributed by atoms with Crippen LogP contribution in [0.25, 0.3) is 10.4 Å². The second kappa shape index (κ2) is 4.97. The SMILES string of the molecule is Cc1ccc(C(O)C(O)CN=[N+]=[N-])s1. The number of thiophene rings is 1. The van der Waals surface area contributed by atoms with Crippen LogP contribution in [-0.2, 0) is 0 Å². The molecule has 0 aliphatic rings. The molecule has 6 heteroatoms. The minimum absolute atomic E-state index is 0.116. The summed E-state index contributed by atoms with van der Waals surface area (Å²) in [6, 6.07) is 3.62. The van der Waals surface area contributed by atoms with Gasteiger partial charge in [0.05, 0.1) is 12.6 Å². The van der Waals surface area contributed by atoms with Crippen LogP contribution >= 0.6 is 11.3 Å². The number of hydrogen-bond donors (Lipinski definition) is 2. The molecule has 14 heavy (non-hydrogen) atoms. The molecular formula is C8H11N3O2S. The number of aryl methyl sites for hydroxylation is 1. The average Bonchev–Trinajstić information content (AvgIpc) is 2.60. The van der Waals surface area contributed by atoms with Gasteiger partial charge in [-0.05, 0) is 24.6 Å². The van der Waals surface area contributed by atoms with E-state index in [0.29, 0.717) is 4.88 Å². The first-order valence-electron chi connectivity index (χ1n) is 4.08. The summed E-state index contributed by atoms with van der Waals surface area (Å²) in [6.45, 7) is 1.80. The third kappa shape index (κ3) is 2.71. The fraction of sp³-hybridized carbons (Fsp3) is 0.500. The summed E-state index contributed by atoms with van der Waals surface area (Å²) >= 11 is 1.41. The number of azide groups is 1. The molecule has 0 fully saturated rings. The van der Waals surface area contributed by atoms with Gasteiger partial charge < -0.3 is 10.2 Å². The Labute approximate surface area is 85.3 Å². The predicted molar refractivity (Wildman–Crippen MR) is 54.0 cm³/mol. The molecule has 1 aromatic rings. The standard InChI is InChI=1S/C8H11N3O2S/c1-5-2-3-7(14-5)8(13)6(12)4-10-11-9/h2-3,6,8,12-13H,4H2,1H3. The van der Waals surface area contributed by atoms with Crippen LogP contribution < -0.4 is 0 Å². The lowest BCUT2D eigenvalue weighted by Crippen LogP contribution is -2.20. The van der Waals surface area contributed by atoms with Gasteiger partial charge in [0, 0.05) is 14.7 Å². The van der Waals surface area contributed by atoms with Gasteiger partial charge in [-0.15, -0.1) is 11.3 Å². The predicted octanol–water partition coefficient (Wildman–Crippen LogP) is 1.76. The molecule has 1 aromatic heterocycles. The van der Waals surface area contributed by atoms with E-state index in [9.17, 15) is 10.2 Å². The van der Waals surface area contributed by atoms with Gasteiger partial charge in [0.2, 0.25) is 0 Å². The summed E-state index contributed by atoms with van der Waals surface area (Å²) in [4.78, 5) is 4.26. The minimum atomic E-state index is -1.04. The molecule has 0 aromatic carbocycles. The second-order valence-electron chi connectivity index (χ2n) is 2.87. The minimum Gasteiger partial charge on any atom is -0.390 e. The monoisotopic (exact) mass is 213 g/mol. The van der Waals surface area contributed by atoms with E-state index in [4.69, 9.17) is 5.53 Å². The van der Waals surface area contributed by atoms with E-state index in [-0.39, 0.29) is 6.54 Å². The first-order chi connectivity index (χ1) is 6.65. The highest BCUT2D eigenvalue weighted by molar-refractivity contribution is 7.12. The summed E-state index contributed by atoms with van der Waals surface area (Å²) in [7, 11) is 0. The Morgan fingerprint density at radius 1 is 1.57 bits per heavy atom. The molecule has 0 amide bonds. The van der Waals surface area contributed by atoms with E-state index < -0.39 is 12.2 Å². The van der Waals surface area contributed by atoms with E-state index in [1.54, 1.807) is 6.07 Å². The zero-order valence-electron chi connectivity index (χ0n) is 7.66. The Morgan fingerprint density at radius 2 is 2.29 bits per heavy atom. The Kier molecular flexibility index (Phi) is 3.91. The molecule has 0 saturated carbocycles. The Balaban J connectivity index is 2.64. The van der Waals surface area contributed by atoms with Gasteiger partial charge in [0.1, 0.15) is 6.10 Å². The molecule has 1 rings (SSSR count). The Bertz CT molecular complexity index is 346. The van der Waals surface area contributed by atoms with Crippen LogP contribution in [0.2, 0.25) is 0 Å². The quantitative estimate of drug-likeness (QED) is 0.453. The molecule has 76 valence electrons. The normalized spacial score (nSPS) is 14.5. The highest BCUT2D eigenvalue weighted by atomic mass is 32.1. The number of rotatable bonds is 4. The maximum Gasteiger partial charge on any atom is 0.114 e. The second-order valence-corrected chi connectivity index (χ2v) is 4.19. The van der Waals surface area contributed by atoms with Crippen molar-refractivity contribution < 1.29 is 10.2 Å². The molecule has 2 atom stereocenters. The summed E-state index contributed by atoms with van der Waals surface area (Å²) in [5.74, 6) is 0. The lowest BCUT2D eigenvalue weighted by atomic mass is 10.2. The average molecular weight is 213 g/mol. The van der Waals surface area contributed by atoms with E-state index in [1.807, 2.05) is 13.0 Å². The fourth-order valence-electron chi connectivity index (χ4n) is 1.02. The van der Waals surface area contributed by atoms with Gasteiger partial charge in [0.25, 0.3) is 0 Å². The summed E-state index contributed by atoms with van der Waals surface area (Å²) in [6.07, 6.45) is -2.01. The molecule has 0 bridgehead atoms. The third-order valence-electron chi connectivity index (χ3n) is 1.75. The Morgan fingerprint density at radius 3 is 2.79 bits per heavy atom. The highest BCUT2D eigenvalue weighted by Crippen LogP contribution is 2.25. The van der Waals surface area contributed by atoms with E-state index in [2.05, 4.69) is 10.0 Å². The van der Waals surface area contributed by atoms with Gasteiger partial charge in [-0.1, -0.05) is 5.11 Å². The highest BCUT2D eigenvalue weighted by Gasteiger charge is 2.18. The largest absolute Gasteiger partial charge is 0.390 e. The van der Waals surface area contributed by atoms with Crippen molar-refractivity contribution in [1.82, 2.24) is 0 Å². The molecule has 0 aliphatic carbocycles. The van der Waals surface area contributed by atoms with Crippen molar-refractivity contribution in [2.75, 3.05) is 6.54 Å². The van der Waals surface area contributed by atoms with Crippen LogP contribution in [-0.4, -0.2) is 22.9 Å². The molecule has 5 nitrogen and oxygen atoms in total. The molecular weight excluding hydrogens is 202 g/mol. The van der Waals surface area contributed by atoms with Gasteiger partial charge in [-0.25, -0.2) is 0 Å². The van der Waals surface area contributed by atoms with Crippen LogP contribution in [0.4, 0.5) is 0 Å². The molecule has 0 spiro atoms.